The van der Waals surface area contributed by atoms with Crippen LogP contribution >= 0.6 is 0 Å². The lowest BCUT2D eigenvalue weighted by molar-refractivity contribution is 1.16. The van der Waals surface area contributed by atoms with Gasteiger partial charge in [0.1, 0.15) is 5.65 Å². The van der Waals surface area contributed by atoms with Crippen molar-refractivity contribution in [3.63, 3.8) is 0 Å². The van der Waals surface area contributed by atoms with Crippen LogP contribution in [0.5, 0.6) is 0 Å². The van der Waals surface area contributed by atoms with Crippen LogP contribution in [0, 0.1) is 0 Å². The third-order valence-electron chi connectivity index (χ3n) is 5.91. The van der Waals surface area contributed by atoms with E-state index < -0.39 is 0 Å². The molecule has 5 aromatic rings. The molecule has 0 aliphatic heterocycles. The van der Waals surface area contributed by atoms with Crippen LogP contribution in [0.4, 0.5) is 0 Å². The summed E-state index contributed by atoms with van der Waals surface area (Å²) in [6.07, 6.45) is 7.71. The number of benzene rings is 3. The molecule has 2 nitrogen and oxygen atoms in total. The molecule has 2 aliphatic carbocycles. The van der Waals surface area contributed by atoms with Crippen LogP contribution in [0.25, 0.3) is 55.8 Å². The molecule has 0 N–H and O–H groups in total. The molecule has 2 heterocycles. The molecule has 0 saturated carbocycles. The molecule has 2 heteroatoms. The monoisotopic (exact) mass is 330 g/mol. The predicted octanol–water partition coefficient (Wildman–Crippen LogP) is 5.86. The number of imidazole rings is 1. The predicted molar refractivity (Wildman–Crippen MR) is 107 cm³/mol. The molecule has 0 saturated heterocycles. The fourth-order valence-electron chi connectivity index (χ4n) is 4.88. The summed E-state index contributed by atoms with van der Waals surface area (Å²) in [6, 6.07) is 19.7. The molecule has 0 unspecified atom stereocenters. The SMILES string of the molecule is C1=Cc2cccc3cn4c5c(nc4c(c23)C1)-c1cccc2cccc-5c12. The van der Waals surface area contributed by atoms with E-state index >= 15 is 0 Å². The Morgan fingerprint density at radius 1 is 0.808 bits per heavy atom. The highest BCUT2D eigenvalue weighted by Crippen LogP contribution is 2.48. The van der Waals surface area contributed by atoms with Gasteiger partial charge in [-0.3, -0.25) is 4.40 Å². The van der Waals surface area contributed by atoms with Crippen molar-refractivity contribution in [2.24, 2.45) is 0 Å². The maximum Gasteiger partial charge on any atom is 0.142 e. The smallest absolute Gasteiger partial charge is 0.142 e. The minimum absolute atomic E-state index is 0.944. The second kappa shape index (κ2) is 4.23. The summed E-state index contributed by atoms with van der Waals surface area (Å²) in [5, 5.41) is 5.28. The summed E-state index contributed by atoms with van der Waals surface area (Å²) in [6.45, 7) is 0. The average Bonchev–Trinajstić information content (AvgIpc) is 3.21. The first-order chi connectivity index (χ1) is 12.9. The van der Waals surface area contributed by atoms with Gasteiger partial charge >= 0.3 is 0 Å². The minimum Gasteiger partial charge on any atom is -0.298 e. The van der Waals surface area contributed by atoms with Crippen molar-refractivity contribution in [2.75, 3.05) is 0 Å². The summed E-state index contributed by atoms with van der Waals surface area (Å²) in [4.78, 5) is 5.16. The van der Waals surface area contributed by atoms with E-state index in [-0.39, 0.29) is 0 Å². The molecule has 0 radical (unpaired) electrons. The lowest BCUT2D eigenvalue weighted by atomic mass is 9.94. The van der Waals surface area contributed by atoms with Crippen molar-refractivity contribution >= 4 is 33.3 Å². The van der Waals surface area contributed by atoms with E-state index in [0.29, 0.717) is 0 Å². The zero-order valence-electron chi connectivity index (χ0n) is 14.0. The number of hydrogen-bond acceptors (Lipinski definition) is 1. The van der Waals surface area contributed by atoms with Gasteiger partial charge in [-0.1, -0.05) is 66.7 Å². The molecule has 0 atom stereocenters. The summed E-state index contributed by atoms with van der Waals surface area (Å²) >= 11 is 0. The first-order valence-corrected chi connectivity index (χ1v) is 9.06. The summed E-state index contributed by atoms with van der Waals surface area (Å²) < 4.78 is 2.32. The first kappa shape index (κ1) is 12.9. The second-order valence-electron chi connectivity index (χ2n) is 7.24. The molecular formula is C24H14N2. The van der Waals surface area contributed by atoms with E-state index in [1.807, 2.05) is 0 Å². The van der Waals surface area contributed by atoms with Crippen molar-refractivity contribution in [3.05, 3.63) is 78.0 Å². The Labute approximate surface area is 150 Å². The zero-order chi connectivity index (χ0) is 16.8. The lowest BCUT2D eigenvalue weighted by Gasteiger charge is -2.15. The maximum absolute atomic E-state index is 5.16. The van der Waals surface area contributed by atoms with E-state index in [0.717, 1.165) is 17.8 Å². The number of nitrogens with zero attached hydrogens (tertiary/aromatic N) is 2. The quantitative estimate of drug-likeness (QED) is 0.341. The maximum atomic E-state index is 5.16. The van der Waals surface area contributed by atoms with Gasteiger partial charge < -0.3 is 0 Å². The third-order valence-corrected chi connectivity index (χ3v) is 5.91. The van der Waals surface area contributed by atoms with Gasteiger partial charge in [-0.2, -0.15) is 0 Å². The van der Waals surface area contributed by atoms with Crippen LogP contribution < -0.4 is 0 Å². The van der Waals surface area contributed by atoms with Crippen LogP contribution in [0.2, 0.25) is 0 Å². The molecule has 7 rings (SSSR count). The molecule has 2 aliphatic rings. The summed E-state index contributed by atoms with van der Waals surface area (Å²) in [5.74, 6) is 0. The van der Waals surface area contributed by atoms with Crippen LogP contribution in [-0.4, -0.2) is 9.38 Å². The number of fused-ring (bicyclic) bond motifs is 6. The van der Waals surface area contributed by atoms with Gasteiger partial charge in [-0.25, -0.2) is 4.98 Å². The molecule has 26 heavy (non-hydrogen) atoms. The summed E-state index contributed by atoms with van der Waals surface area (Å²) in [5.41, 5.74) is 8.68. The zero-order valence-corrected chi connectivity index (χ0v) is 14.0. The number of pyridine rings is 1. The molecule has 0 amide bonds. The fraction of sp³-hybridized carbons (Fsp3) is 0.0417. The molecule has 3 aromatic carbocycles. The lowest BCUT2D eigenvalue weighted by Crippen LogP contribution is -1.99. The Morgan fingerprint density at radius 2 is 1.62 bits per heavy atom. The Kier molecular flexibility index (Phi) is 2.10. The van der Waals surface area contributed by atoms with Crippen LogP contribution in [0.3, 0.4) is 0 Å². The molecule has 0 fully saturated rings. The topological polar surface area (TPSA) is 17.3 Å². The van der Waals surface area contributed by atoms with Crippen molar-refractivity contribution in [1.29, 1.82) is 0 Å². The number of aromatic nitrogens is 2. The Morgan fingerprint density at radius 3 is 2.54 bits per heavy atom. The van der Waals surface area contributed by atoms with Gasteiger partial charge in [0, 0.05) is 28.3 Å². The van der Waals surface area contributed by atoms with Gasteiger partial charge in [-0.05, 0) is 28.1 Å². The highest BCUT2D eigenvalue weighted by molar-refractivity contribution is 6.14. The van der Waals surface area contributed by atoms with E-state index in [2.05, 4.69) is 77.3 Å². The normalized spacial score (nSPS) is 13.8. The van der Waals surface area contributed by atoms with Gasteiger partial charge in [0.15, 0.2) is 0 Å². The Bertz CT molecular complexity index is 1450. The molecule has 2 aromatic heterocycles. The Balaban J connectivity index is 1.72. The highest BCUT2D eigenvalue weighted by atomic mass is 15.0. The van der Waals surface area contributed by atoms with E-state index in [4.69, 9.17) is 4.98 Å². The third kappa shape index (κ3) is 1.35. The minimum atomic E-state index is 0.944. The van der Waals surface area contributed by atoms with Gasteiger partial charge in [0.25, 0.3) is 0 Å². The highest BCUT2D eigenvalue weighted by Gasteiger charge is 2.28. The van der Waals surface area contributed by atoms with Crippen molar-refractivity contribution < 1.29 is 0 Å². The molecule has 0 spiro atoms. The molecule has 120 valence electrons. The van der Waals surface area contributed by atoms with Crippen molar-refractivity contribution in [3.8, 4) is 22.5 Å². The van der Waals surface area contributed by atoms with Crippen LogP contribution in [0.1, 0.15) is 11.1 Å². The van der Waals surface area contributed by atoms with Gasteiger partial charge in [0.05, 0.1) is 11.4 Å². The first-order valence-electron chi connectivity index (χ1n) is 9.06. The van der Waals surface area contributed by atoms with Crippen LogP contribution in [0.15, 0.2) is 66.9 Å². The molecular weight excluding hydrogens is 316 g/mol. The number of allylic oxidation sites excluding steroid dienone is 1. The fourth-order valence-corrected chi connectivity index (χ4v) is 4.88. The van der Waals surface area contributed by atoms with E-state index in [9.17, 15) is 0 Å². The van der Waals surface area contributed by atoms with E-state index in [1.165, 1.54) is 49.5 Å². The van der Waals surface area contributed by atoms with Gasteiger partial charge in [0.2, 0.25) is 0 Å². The van der Waals surface area contributed by atoms with Crippen molar-refractivity contribution in [2.45, 2.75) is 6.42 Å². The second-order valence-corrected chi connectivity index (χ2v) is 7.24. The van der Waals surface area contributed by atoms with Crippen LogP contribution in [-0.2, 0) is 6.42 Å². The standard InChI is InChI=1S/C24H14N2/c1-5-14-6-4-12-19-20(14)16(9-1)13-26-23-18-11-3-8-15-7-2-10-17(21(15)18)22(23)25-24(19)26/h1-11,13H,12H2. The largest absolute Gasteiger partial charge is 0.298 e. The average molecular weight is 330 g/mol. The van der Waals surface area contributed by atoms with Crippen molar-refractivity contribution in [1.82, 2.24) is 9.38 Å². The van der Waals surface area contributed by atoms with E-state index in [1.54, 1.807) is 0 Å². The summed E-state index contributed by atoms with van der Waals surface area (Å²) in [7, 11) is 0. The molecule has 0 bridgehead atoms. The number of hydrogen-bond donors (Lipinski definition) is 0. The Hall–Kier alpha value is -3.39. The number of rotatable bonds is 0. The van der Waals surface area contributed by atoms with Gasteiger partial charge in [-0.15, -0.1) is 0 Å².